The number of aryl methyl sites for hydroxylation is 1. The highest BCUT2D eigenvalue weighted by Gasteiger charge is 2.22. The molecular weight excluding hydrogens is 324 g/mol. The Kier molecular flexibility index (Phi) is 3.97. The minimum Gasteiger partial charge on any atom is -0.477 e. The molecule has 0 unspecified atom stereocenters. The fourth-order valence-corrected chi connectivity index (χ4v) is 3.90. The SMILES string of the molecule is Cc1cc(NS(=O)(=O)c2cc(F)ccc2F)sc1C(=O)O. The number of carbonyl (C=O) groups is 1. The van der Waals surface area contributed by atoms with Crippen LogP contribution < -0.4 is 4.72 Å². The second kappa shape index (κ2) is 5.41. The van der Waals surface area contributed by atoms with Crippen molar-refractivity contribution in [3.8, 4) is 0 Å². The number of anilines is 1. The molecule has 0 aliphatic rings. The van der Waals surface area contributed by atoms with Gasteiger partial charge >= 0.3 is 5.97 Å². The fraction of sp³-hybridized carbons (Fsp3) is 0.0833. The number of benzene rings is 1. The largest absolute Gasteiger partial charge is 0.477 e. The Bertz CT molecular complexity index is 815. The van der Waals surface area contributed by atoms with Crippen LogP contribution in [0.2, 0.25) is 0 Å². The lowest BCUT2D eigenvalue weighted by molar-refractivity contribution is 0.0701. The number of thiophene rings is 1. The second-order valence-corrected chi connectivity index (χ2v) is 6.81. The first-order chi connectivity index (χ1) is 9.70. The Balaban J connectivity index is 2.40. The second-order valence-electron chi connectivity index (χ2n) is 4.11. The number of rotatable bonds is 4. The molecule has 0 aliphatic heterocycles. The van der Waals surface area contributed by atoms with Crippen LogP contribution in [-0.4, -0.2) is 19.5 Å². The maximum atomic E-state index is 13.5. The van der Waals surface area contributed by atoms with E-state index in [4.69, 9.17) is 5.11 Å². The third-order valence-corrected chi connectivity index (χ3v) is 5.18. The first kappa shape index (κ1) is 15.4. The summed E-state index contributed by atoms with van der Waals surface area (Å²) < 4.78 is 52.6. The molecule has 0 saturated heterocycles. The summed E-state index contributed by atoms with van der Waals surface area (Å²) in [6.45, 7) is 1.50. The van der Waals surface area contributed by atoms with Crippen LogP contribution in [0.1, 0.15) is 15.2 Å². The topological polar surface area (TPSA) is 83.5 Å². The molecule has 5 nitrogen and oxygen atoms in total. The van der Waals surface area contributed by atoms with Crippen molar-refractivity contribution < 1.29 is 27.1 Å². The van der Waals surface area contributed by atoms with Gasteiger partial charge in [0.05, 0.1) is 0 Å². The van der Waals surface area contributed by atoms with E-state index in [1.54, 1.807) is 0 Å². The zero-order valence-corrected chi connectivity index (χ0v) is 12.2. The third-order valence-electron chi connectivity index (χ3n) is 2.53. The minimum atomic E-state index is -4.34. The fourth-order valence-electron chi connectivity index (χ4n) is 1.62. The Hall–Kier alpha value is -2.00. The van der Waals surface area contributed by atoms with Crippen LogP contribution in [0.4, 0.5) is 13.8 Å². The molecule has 2 N–H and O–H groups in total. The summed E-state index contributed by atoms with van der Waals surface area (Å²) in [4.78, 5) is 10.0. The molecule has 0 fully saturated rings. The van der Waals surface area contributed by atoms with Crippen molar-refractivity contribution in [2.45, 2.75) is 11.8 Å². The predicted octanol–water partition coefficient (Wildman–Crippen LogP) is 2.83. The average Bonchev–Trinajstić information content (AvgIpc) is 2.72. The van der Waals surface area contributed by atoms with Crippen LogP contribution >= 0.6 is 11.3 Å². The molecule has 0 atom stereocenters. The van der Waals surface area contributed by atoms with Crippen LogP contribution in [-0.2, 0) is 10.0 Å². The van der Waals surface area contributed by atoms with Crippen molar-refractivity contribution in [1.29, 1.82) is 0 Å². The zero-order chi connectivity index (χ0) is 15.8. The van der Waals surface area contributed by atoms with E-state index in [2.05, 4.69) is 0 Å². The van der Waals surface area contributed by atoms with Crippen molar-refractivity contribution in [3.05, 3.63) is 46.3 Å². The molecule has 2 aromatic rings. The number of halogens is 2. The maximum Gasteiger partial charge on any atom is 0.346 e. The van der Waals surface area contributed by atoms with E-state index in [0.29, 0.717) is 29.0 Å². The van der Waals surface area contributed by atoms with Crippen LogP contribution in [0.3, 0.4) is 0 Å². The number of hydrogen-bond acceptors (Lipinski definition) is 4. The molecule has 1 aromatic heterocycles. The Morgan fingerprint density at radius 2 is 1.95 bits per heavy atom. The summed E-state index contributed by atoms with van der Waals surface area (Å²) in [5.74, 6) is -3.19. The third kappa shape index (κ3) is 3.19. The molecule has 0 saturated carbocycles. The lowest BCUT2D eigenvalue weighted by Crippen LogP contribution is -2.14. The Morgan fingerprint density at radius 3 is 2.52 bits per heavy atom. The minimum absolute atomic E-state index is 0.00793. The van der Waals surface area contributed by atoms with Crippen molar-refractivity contribution >= 4 is 32.3 Å². The molecule has 112 valence electrons. The number of carboxylic acids is 1. The van der Waals surface area contributed by atoms with E-state index in [-0.39, 0.29) is 9.88 Å². The van der Waals surface area contributed by atoms with E-state index in [1.165, 1.54) is 13.0 Å². The van der Waals surface area contributed by atoms with E-state index in [0.717, 1.165) is 6.07 Å². The smallest absolute Gasteiger partial charge is 0.346 e. The van der Waals surface area contributed by atoms with Crippen LogP contribution in [0.15, 0.2) is 29.2 Å². The quantitative estimate of drug-likeness (QED) is 0.901. The van der Waals surface area contributed by atoms with Crippen molar-refractivity contribution in [2.75, 3.05) is 4.72 Å². The van der Waals surface area contributed by atoms with Gasteiger partial charge in [0.2, 0.25) is 0 Å². The number of sulfonamides is 1. The summed E-state index contributed by atoms with van der Waals surface area (Å²) in [6.07, 6.45) is 0. The Morgan fingerprint density at radius 1 is 1.29 bits per heavy atom. The highest BCUT2D eigenvalue weighted by molar-refractivity contribution is 7.93. The lowest BCUT2D eigenvalue weighted by atomic mass is 10.3. The number of aromatic carboxylic acids is 1. The summed E-state index contributed by atoms with van der Waals surface area (Å²) in [7, 11) is -4.34. The summed E-state index contributed by atoms with van der Waals surface area (Å²) in [5.41, 5.74) is 0.366. The van der Waals surface area contributed by atoms with Crippen LogP contribution in [0.5, 0.6) is 0 Å². The number of nitrogens with one attached hydrogen (secondary N) is 1. The molecule has 1 aromatic carbocycles. The normalized spacial score (nSPS) is 11.4. The summed E-state index contributed by atoms with van der Waals surface area (Å²) in [6, 6.07) is 3.36. The van der Waals surface area contributed by atoms with Crippen LogP contribution in [0.25, 0.3) is 0 Å². The highest BCUT2D eigenvalue weighted by Crippen LogP contribution is 2.29. The molecule has 0 radical (unpaired) electrons. The van der Waals surface area contributed by atoms with Gasteiger partial charge in [-0.3, -0.25) is 4.72 Å². The molecule has 2 rings (SSSR count). The first-order valence-corrected chi connectivity index (χ1v) is 7.82. The standard InChI is InChI=1S/C12H9F2NO4S2/c1-6-4-10(20-11(6)12(16)17)15-21(18,19)9-5-7(13)2-3-8(9)14/h2-5,15H,1H3,(H,16,17). The molecule has 0 spiro atoms. The van der Waals surface area contributed by atoms with Gasteiger partial charge in [0.1, 0.15) is 26.4 Å². The van der Waals surface area contributed by atoms with Gasteiger partial charge in [0, 0.05) is 0 Å². The summed E-state index contributed by atoms with van der Waals surface area (Å²) >= 11 is 0.693. The van der Waals surface area contributed by atoms with Crippen LogP contribution in [0, 0.1) is 18.6 Å². The molecule has 1 heterocycles. The van der Waals surface area contributed by atoms with Gasteiger partial charge in [0.15, 0.2) is 0 Å². The van der Waals surface area contributed by atoms with E-state index in [1.807, 2.05) is 4.72 Å². The van der Waals surface area contributed by atoms with Crippen molar-refractivity contribution in [1.82, 2.24) is 0 Å². The molecular formula is C12H9F2NO4S2. The molecule has 0 aliphatic carbocycles. The van der Waals surface area contributed by atoms with Gasteiger partial charge in [-0.05, 0) is 36.8 Å². The van der Waals surface area contributed by atoms with Gasteiger partial charge in [-0.2, -0.15) is 0 Å². The maximum absolute atomic E-state index is 13.5. The zero-order valence-electron chi connectivity index (χ0n) is 10.6. The molecule has 21 heavy (non-hydrogen) atoms. The number of carboxylic acid groups (broad SMARTS) is 1. The predicted molar refractivity (Wildman–Crippen MR) is 73.2 cm³/mol. The number of hydrogen-bond donors (Lipinski definition) is 2. The first-order valence-electron chi connectivity index (χ1n) is 5.52. The van der Waals surface area contributed by atoms with Gasteiger partial charge in [0.25, 0.3) is 10.0 Å². The highest BCUT2D eigenvalue weighted by atomic mass is 32.2. The molecule has 9 heteroatoms. The summed E-state index contributed by atoms with van der Waals surface area (Å²) in [5, 5.41) is 8.91. The molecule has 0 bridgehead atoms. The van der Waals surface area contributed by atoms with Crippen molar-refractivity contribution in [2.24, 2.45) is 0 Å². The Labute approximate surface area is 122 Å². The van der Waals surface area contributed by atoms with E-state index in [9.17, 15) is 22.0 Å². The van der Waals surface area contributed by atoms with Gasteiger partial charge < -0.3 is 5.11 Å². The van der Waals surface area contributed by atoms with Crippen molar-refractivity contribution in [3.63, 3.8) is 0 Å². The average molecular weight is 333 g/mol. The van der Waals surface area contributed by atoms with Gasteiger partial charge in [-0.15, -0.1) is 11.3 Å². The molecule has 0 amide bonds. The van der Waals surface area contributed by atoms with E-state index >= 15 is 0 Å². The van der Waals surface area contributed by atoms with E-state index < -0.39 is 32.5 Å². The monoisotopic (exact) mass is 333 g/mol. The lowest BCUT2D eigenvalue weighted by Gasteiger charge is -2.06. The van der Waals surface area contributed by atoms with Gasteiger partial charge in [-0.25, -0.2) is 22.0 Å². The van der Waals surface area contributed by atoms with Gasteiger partial charge in [-0.1, -0.05) is 0 Å².